The molecule has 0 aliphatic rings. The van der Waals surface area contributed by atoms with Gasteiger partial charge in [-0.05, 0) is 48.0 Å². The van der Waals surface area contributed by atoms with Gasteiger partial charge in [0.2, 0.25) is 0 Å². The van der Waals surface area contributed by atoms with Crippen molar-refractivity contribution in [3.8, 4) is 11.5 Å². The number of ketones is 1. The lowest BCUT2D eigenvalue weighted by atomic mass is 10.1. The van der Waals surface area contributed by atoms with Crippen LogP contribution in [0.15, 0.2) is 84.9 Å². The Kier molecular flexibility index (Phi) is 5.09. The van der Waals surface area contributed by atoms with Gasteiger partial charge in [0.25, 0.3) is 0 Å². The normalized spacial score (nSPS) is 10.7. The Hall–Kier alpha value is -2.84. The fourth-order valence-corrected chi connectivity index (χ4v) is 2.41. The second kappa shape index (κ2) is 7.62. The van der Waals surface area contributed by atoms with E-state index in [1.54, 1.807) is 30.3 Å². The van der Waals surface area contributed by atoms with E-state index in [1.165, 1.54) is 6.08 Å². The van der Waals surface area contributed by atoms with E-state index in [0.29, 0.717) is 10.6 Å². The number of hydrogen-bond donors (Lipinski definition) is 0. The standard InChI is InChI=1S/C21H15ClO2/c22-18-8-5-7-17(15-18)21(23)13-12-16-6-4-11-20(14-16)24-19-9-2-1-3-10-19/h1-15H/b13-12+. The number of para-hydroxylation sites is 1. The van der Waals surface area contributed by atoms with Crippen LogP contribution in [0.3, 0.4) is 0 Å². The van der Waals surface area contributed by atoms with Gasteiger partial charge in [0.05, 0.1) is 0 Å². The summed E-state index contributed by atoms with van der Waals surface area (Å²) in [5.41, 5.74) is 1.45. The lowest BCUT2D eigenvalue weighted by Gasteiger charge is -2.05. The van der Waals surface area contributed by atoms with Crippen molar-refractivity contribution < 1.29 is 9.53 Å². The summed E-state index contributed by atoms with van der Waals surface area (Å²) in [6, 6.07) is 24.0. The van der Waals surface area contributed by atoms with Crippen LogP contribution in [0.5, 0.6) is 11.5 Å². The third kappa shape index (κ3) is 4.34. The maximum atomic E-state index is 12.2. The van der Waals surface area contributed by atoms with Crippen molar-refractivity contribution in [1.82, 2.24) is 0 Å². The summed E-state index contributed by atoms with van der Waals surface area (Å²) in [6.07, 6.45) is 3.30. The largest absolute Gasteiger partial charge is 0.457 e. The van der Waals surface area contributed by atoms with Crippen molar-refractivity contribution in [2.24, 2.45) is 0 Å². The Balaban J connectivity index is 1.73. The van der Waals surface area contributed by atoms with E-state index in [1.807, 2.05) is 54.6 Å². The maximum absolute atomic E-state index is 12.2. The zero-order valence-electron chi connectivity index (χ0n) is 12.9. The highest BCUT2D eigenvalue weighted by Gasteiger charge is 2.02. The van der Waals surface area contributed by atoms with E-state index in [4.69, 9.17) is 16.3 Å². The predicted molar refractivity (Wildman–Crippen MR) is 97.8 cm³/mol. The molecule has 118 valence electrons. The molecule has 0 unspecified atom stereocenters. The number of carbonyl (C=O) groups is 1. The molecule has 0 heterocycles. The summed E-state index contributed by atoms with van der Waals surface area (Å²) in [4.78, 5) is 12.2. The molecule has 0 bridgehead atoms. The van der Waals surface area contributed by atoms with Gasteiger partial charge in [0, 0.05) is 10.6 Å². The van der Waals surface area contributed by atoms with Gasteiger partial charge in [-0.15, -0.1) is 0 Å². The van der Waals surface area contributed by atoms with Crippen LogP contribution in [-0.2, 0) is 0 Å². The molecular formula is C21H15ClO2. The average Bonchev–Trinajstić information content (AvgIpc) is 2.61. The molecule has 0 saturated heterocycles. The molecule has 0 spiro atoms. The monoisotopic (exact) mass is 334 g/mol. The first kappa shape index (κ1) is 16.0. The zero-order chi connectivity index (χ0) is 16.8. The van der Waals surface area contributed by atoms with Gasteiger partial charge in [0.15, 0.2) is 5.78 Å². The van der Waals surface area contributed by atoms with Gasteiger partial charge >= 0.3 is 0 Å². The molecule has 3 aromatic carbocycles. The molecule has 3 aromatic rings. The van der Waals surface area contributed by atoms with Crippen LogP contribution in [0.4, 0.5) is 0 Å². The summed E-state index contributed by atoms with van der Waals surface area (Å²) >= 11 is 5.91. The highest BCUT2D eigenvalue weighted by molar-refractivity contribution is 6.31. The molecule has 3 rings (SSSR count). The highest BCUT2D eigenvalue weighted by atomic mass is 35.5. The number of ether oxygens (including phenoxy) is 1. The molecule has 0 aliphatic carbocycles. The van der Waals surface area contributed by atoms with Crippen molar-refractivity contribution in [2.45, 2.75) is 0 Å². The van der Waals surface area contributed by atoms with Gasteiger partial charge in [-0.2, -0.15) is 0 Å². The summed E-state index contributed by atoms with van der Waals surface area (Å²) in [7, 11) is 0. The minimum absolute atomic E-state index is 0.0909. The third-order valence-corrected chi connectivity index (χ3v) is 3.61. The van der Waals surface area contributed by atoms with Crippen LogP contribution in [-0.4, -0.2) is 5.78 Å². The maximum Gasteiger partial charge on any atom is 0.185 e. The molecule has 0 saturated carbocycles. The first-order valence-electron chi connectivity index (χ1n) is 7.52. The Morgan fingerprint density at radius 1 is 0.833 bits per heavy atom. The number of benzene rings is 3. The summed E-state index contributed by atoms with van der Waals surface area (Å²) in [6.45, 7) is 0. The summed E-state index contributed by atoms with van der Waals surface area (Å²) in [5.74, 6) is 1.40. The number of halogens is 1. The van der Waals surface area contributed by atoms with Crippen LogP contribution in [0, 0.1) is 0 Å². The smallest absolute Gasteiger partial charge is 0.185 e. The van der Waals surface area contributed by atoms with Crippen molar-refractivity contribution in [2.75, 3.05) is 0 Å². The molecule has 0 aromatic heterocycles. The second-order valence-corrected chi connectivity index (χ2v) is 5.63. The molecule has 0 amide bonds. The number of hydrogen-bond acceptors (Lipinski definition) is 2. The second-order valence-electron chi connectivity index (χ2n) is 5.20. The van der Waals surface area contributed by atoms with Gasteiger partial charge in [-0.25, -0.2) is 0 Å². The van der Waals surface area contributed by atoms with Crippen molar-refractivity contribution in [3.05, 3.63) is 101 Å². The Morgan fingerprint density at radius 3 is 2.38 bits per heavy atom. The van der Waals surface area contributed by atoms with Crippen LogP contribution in [0.25, 0.3) is 6.08 Å². The van der Waals surface area contributed by atoms with Crippen LogP contribution < -0.4 is 4.74 Å². The van der Waals surface area contributed by atoms with E-state index < -0.39 is 0 Å². The van der Waals surface area contributed by atoms with Gasteiger partial charge < -0.3 is 4.74 Å². The zero-order valence-corrected chi connectivity index (χ0v) is 13.6. The summed E-state index contributed by atoms with van der Waals surface area (Å²) < 4.78 is 5.79. The SMILES string of the molecule is O=C(/C=C/c1cccc(Oc2ccccc2)c1)c1cccc(Cl)c1. The lowest BCUT2D eigenvalue weighted by Crippen LogP contribution is -1.93. The first-order valence-corrected chi connectivity index (χ1v) is 7.89. The van der Waals surface area contributed by atoms with E-state index >= 15 is 0 Å². The van der Waals surface area contributed by atoms with Crippen molar-refractivity contribution in [3.63, 3.8) is 0 Å². The third-order valence-electron chi connectivity index (χ3n) is 3.37. The van der Waals surface area contributed by atoms with Crippen molar-refractivity contribution >= 4 is 23.5 Å². The first-order chi connectivity index (χ1) is 11.7. The van der Waals surface area contributed by atoms with E-state index in [2.05, 4.69) is 0 Å². The van der Waals surface area contributed by atoms with Crippen LogP contribution >= 0.6 is 11.6 Å². The molecule has 0 N–H and O–H groups in total. The fraction of sp³-hybridized carbons (Fsp3) is 0. The number of rotatable bonds is 5. The van der Waals surface area contributed by atoms with Gasteiger partial charge in [-0.3, -0.25) is 4.79 Å². The molecule has 0 aliphatic heterocycles. The Labute approximate surface area is 146 Å². The van der Waals surface area contributed by atoms with Crippen LogP contribution in [0.1, 0.15) is 15.9 Å². The average molecular weight is 335 g/mol. The highest BCUT2D eigenvalue weighted by Crippen LogP contribution is 2.22. The minimum atomic E-state index is -0.0909. The quantitative estimate of drug-likeness (QED) is 0.420. The molecular weight excluding hydrogens is 320 g/mol. The lowest BCUT2D eigenvalue weighted by molar-refractivity contribution is 0.104. The molecule has 0 atom stereocenters. The number of carbonyl (C=O) groups excluding carboxylic acids is 1. The molecule has 2 nitrogen and oxygen atoms in total. The Bertz CT molecular complexity index is 870. The van der Waals surface area contributed by atoms with E-state index in [9.17, 15) is 4.79 Å². The Morgan fingerprint density at radius 2 is 1.58 bits per heavy atom. The number of allylic oxidation sites excluding steroid dienone is 1. The van der Waals surface area contributed by atoms with Crippen molar-refractivity contribution in [1.29, 1.82) is 0 Å². The molecule has 3 heteroatoms. The van der Waals surface area contributed by atoms with E-state index in [0.717, 1.165) is 17.1 Å². The topological polar surface area (TPSA) is 26.3 Å². The molecule has 0 radical (unpaired) electrons. The predicted octanol–water partition coefficient (Wildman–Crippen LogP) is 6.03. The van der Waals surface area contributed by atoms with Gasteiger partial charge in [0.1, 0.15) is 11.5 Å². The summed E-state index contributed by atoms with van der Waals surface area (Å²) in [5, 5.41) is 0.549. The fourth-order valence-electron chi connectivity index (χ4n) is 2.22. The molecule has 0 fully saturated rings. The molecule has 24 heavy (non-hydrogen) atoms. The van der Waals surface area contributed by atoms with E-state index in [-0.39, 0.29) is 5.78 Å². The van der Waals surface area contributed by atoms with Gasteiger partial charge in [-0.1, -0.05) is 60.1 Å². The van der Waals surface area contributed by atoms with Crippen LogP contribution in [0.2, 0.25) is 5.02 Å². The minimum Gasteiger partial charge on any atom is -0.457 e.